The van der Waals surface area contributed by atoms with E-state index in [1.807, 2.05) is 30.3 Å². The van der Waals surface area contributed by atoms with Crippen LogP contribution < -0.4 is 0 Å². The van der Waals surface area contributed by atoms with Gasteiger partial charge in [-0.15, -0.1) is 0 Å². The van der Waals surface area contributed by atoms with Crippen molar-refractivity contribution in [3.05, 3.63) is 42.7 Å². The minimum absolute atomic E-state index is 0. The summed E-state index contributed by atoms with van der Waals surface area (Å²) in [4.78, 5) is 0. The predicted octanol–water partition coefficient (Wildman–Crippen LogP) is 2.14. The third-order valence-electron chi connectivity index (χ3n) is 1.46. The van der Waals surface area contributed by atoms with E-state index in [9.17, 15) is 0 Å². The van der Waals surface area contributed by atoms with Gasteiger partial charge in [0.15, 0.2) is 0 Å². The van der Waals surface area contributed by atoms with E-state index in [-0.39, 0.29) is 17.4 Å². The van der Waals surface area contributed by atoms with Gasteiger partial charge in [0.05, 0.1) is 0 Å². The number of nitrogens with zero attached hydrogens (tertiary/aromatic N) is 1. The molecule has 0 aliphatic heterocycles. The van der Waals surface area contributed by atoms with Gasteiger partial charge in [-0.05, 0) is 12.0 Å². The van der Waals surface area contributed by atoms with Crippen LogP contribution in [-0.2, 0) is 17.4 Å². The molecular formula is C9H6CrNO-. The van der Waals surface area contributed by atoms with Crippen molar-refractivity contribution in [3.8, 4) is 11.3 Å². The summed E-state index contributed by atoms with van der Waals surface area (Å²) in [5.41, 5.74) is 1.88. The molecule has 60 valence electrons. The molecule has 0 unspecified atom stereocenters. The predicted molar refractivity (Wildman–Crippen MR) is 40.8 cm³/mol. The monoisotopic (exact) mass is 196 g/mol. The Labute approximate surface area is 81.3 Å². The zero-order valence-corrected chi connectivity index (χ0v) is 7.50. The molecule has 1 heterocycles. The molecule has 1 aromatic carbocycles. The maximum atomic E-state index is 4.59. The van der Waals surface area contributed by atoms with Gasteiger partial charge in [0.2, 0.25) is 0 Å². The number of rotatable bonds is 1. The Morgan fingerprint density at radius 1 is 1.17 bits per heavy atom. The standard InChI is InChI=1S/C9H6NO.Cr/c1-2-4-8(5-3-1)9-6-7-11-10-9;/h1-6H;/q-1;. The topological polar surface area (TPSA) is 26.0 Å². The van der Waals surface area contributed by atoms with Crippen LogP contribution >= 0.6 is 0 Å². The van der Waals surface area contributed by atoms with Gasteiger partial charge in [0.1, 0.15) is 0 Å². The van der Waals surface area contributed by atoms with Crippen molar-refractivity contribution in [2.24, 2.45) is 0 Å². The van der Waals surface area contributed by atoms with Gasteiger partial charge < -0.3 is 4.52 Å². The summed E-state index contributed by atoms with van der Waals surface area (Å²) in [5.74, 6) is 0. The average Bonchev–Trinajstić information content (AvgIpc) is 2.58. The molecule has 0 radical (unpaired) electrons. The normalized spacial score (nSPS) is 9.00. The van der Waals surface area contributed by atoms with Crippen molar-refractivity contribution < 1.29 is 21.9 Å². The molecule has 0 saturated heterocycles. The number of aromatic nitrogens is 1. The molecule has 2 aromatic rings. The van der Waals surface area contributed by atoms with Crippen LogP contribution in [-0.4, -0.2) is 5.16 Å². The Kier molecular flexibility index (Phi) is 3.10. The molecule has 12 heavy (non-hydrogen) atoms. The summed E-state index contributed by atoms with van der Waals surface area (Å²) < 4.78 is 4.59. The Morgan fingerprint density at radius 2 is 1.92 bits per heavy atom. The van der Waals surface area contributed by atoms with Crippen molar-refractivity contribution in [2.45, 2.75) is 0 Å². The van der Waals surface area contributed by atoms with Crippen LogP contribution in [0.3, 0.4) is 0 Å². The summed E-state index contributed by atoms with van der Waals surface area (Å²) in [6.07, 6.45) is 2.54. The molecule has 1 aromatic heterocycles. The first-order valence-electron chi connectivity index (χ1n) is 3.35. The Hall–Kier alpha value is -1.04. The fourth-order valence-electron chi connectivity index (χ4n) is 0.929. The van der Waals surface area contributed by atoms with Crippen LogP contribution in [0.5, 0.6) is 0 Å². The van der Waals surface area contributed by atoms with Crippen LogP contribution in [0.25, 0.3) is 11.3 Å². The van der Waals surface area contributed by atoms with Gasteiger partial charge in [-0.1, -0.05) is 35.9 Å². The molecule has 3 heteroatoms. The molecule has 0 aliphatic carbocycles. The first kappa shape index (κ1) is 9.05. The second-order valence-electron chi connectivity index (χ2n) is 2.20. The van der Waals surface area contributed by atoms with E-state index in [1.54, 1.807) is 6.07 Å². The van der Waals surface area contributed by atoms with Gasteiger partial charge in [0, 0.05) is 17.4 Å². The van der Waals surface area contributed by atoms with E-state index in [0.29, 0.717) is 0 Å². The van der Waals surface area contributed by atoms with E-state index < -0.39 is 0 Å². The molecule has 2 nitrogen and oxygen atoms in total. The van der Waals surface area contributed by atoms with E-state index in [4.69, 9.17) is 0 Å². The average molecular weight is 196 g/mol. The van der Waals surface area contributed by atoms with Crippen LogP contribution in [0.2, 0.25) is 0 Å². The molecular weight excluding hydrogens is 190 g/mol. The largest absolute Gasteiger partial charge is 0.480 e. The van der Waals surface area contributed by atoms with Crippen molar-refractivity contribution >= 4 is 0 Å². The molecule has 0 N–H and O–H groups in total. The van der Waals surface area contributed by atoms with E-state index in [0.717, 1.165) is 11.3 Å². The molecule has 0 spiro atoms. The quantitative estimate of drug-likeness (QED) is 0.653. The smallest absolute Gasteiger partial charge is 0 e. The maximum Gasteiger partial charge on any atom is 0 e. The van der Waals surface area contributed by atoms with Gasteiger partial charge in [0.25, 0.3) is 0 Å². The second kappa shape index (κ2) is 4.10. The SMILES string of the molecule is [Cr].[c-]1cc(-c2ccccc2)no1. The Morgan fingerprint density at radius 3 is 2.50 bits per heavy atom. The second-order valence-corrected chi connectivity index (χ2v) is 2.20. The molecule has 0 bridgehead atoms. The van der Waals surface area contributed by atoms with Gasteiger partial charge in [-0.25, -0.2) is 5.16 Å². The summed E-state index contributed by atoms with van der Waals surface area (Å²) >= 11 is 0. The summed E-state index contributed by atoms with van der Waals surface area (Å²) in [6, 6.07) is 11.6. The van der Waals surface area contributed by atoms with Crippen LogP contribution in [0.1, 0.15) is 0 Å². The molecule has 0 fully saturated rings. The number of hydrogen-bond donors (Lipinski definition) is 0. The van der Waals surface area contributed by atoms with Crippen LogP contribution in [0.4, 0.5) is 0 Å². The fourth-order valence-corrected chi connectivity index (χ4v) is 0.929. The van der Waals surface area contributed by atoms with Crippen molar-refractivity contribution in [1.82, 2.24) is 5.16 Å². The zero-order chi connectivity index (χ0) is 7.52. The van der Waals surface area contributed by atoms with Crippen molar-refractivity contribution in [1.29, 1.82) is 0 Å². The first-order chi connectivity index (χ1) is 5.47. The van der Waals surface area contributed by atoms with Gasteiger partial charge in [-0.2, -0.15) is 6.07 Å². The van der Waals surface area contributed by atoms with Crippen LogP contribution in [0.15, 0.2) is 40.9 Å². The Balaban J connectivity index is 0.000000720. The van der Waals surface area contributed by atoms with Gasteiger partial charge in [-0.3, -0.25) is 0 Å². The minimum Gasteiger partial charge on any atom is -0.480 e. The van der Waals surface area contributed by atoms with E-state index >= 15 is 0 Å². The fraction of sp³-hybridized carbons (Fsp3) is 0. The molecule has 0 saturated carbocycles. The first-order valence-corrected chi connectivity index (χ1v) is 3.35. The summed E-state index contributed by atoms with van der Waals surface area (Å²) in [7, 11) is 0. The van der Waals surface area contributed by atoms with E-state index in [1.165, 1.54) is 0 Å². The Bertz CT molecular complexity index is 318. The number of benzene rings is 1. The van der Waals surface area contributed by atoms with Crippen molar-refractivity contribution in [3.63, 3.8) is 0 Å². The molecule has 2 rings (SSSR count). The summed E-state index contributed by atoms with van der Waals surface area (Å²) in [5, 5.41) is 3.76. The van der Waals surface area contributed by atoms with Crippen LogP contribution in [0, 0.1) is 6.26 Å². The number of hydrogen-bond acceptors (Lipinski definition) is 2. The molecule has 0 aliphatic rings. The zero-order valence-electron chi connectivity index (χ0n) is 6.23. The molecule has 0 amide bonds. The maximum absolute atomic E-state index is 4.59. The van der Waals surface area contributed by atoms with Crippen molar-refractivity contribution in [2.75, 3.05) is 0 Å². The minimum atomic E-state index is 0. The van der Waals surface area contributed by atoms with E-state index in [2.05, 4.69) is 15.9 Å². The third kappa shape index (κ3) is 1.76. The van der Waals surface area contributed by atoms with Gasteiger partial charge >= 0.3 is 0 Å². The summed E-state index contributed by atoms with van der Waals surface area (Å²) in [6.45, 7) is 0. The third-order valence-corrected chi connectivity index (χ3v) is 1.46. The molecule has 0 atom stereocenters.